The number of fused-ring (bicyclic) bond motifs is 3. The van der Waals surface area contributed by atoms with E-state index in [0.717, 1.165) is 101 Å². The quantitative estimate of drug-likeness (QED) is 0.0776. The predicted molar refractivity (Wildman–Crippen MR) is 321 cm³/mol. The van der Waals surface area contributed by atoms with Crippen LogP contribution in [0.15, 0.2) is 129 Å². The van der Waals surface area contributed by atoms with Crippen LogP contribution in [0.3, 0.4) is 0 Å². The van der Waals surface area contributed by atoms with E-state index in [1.165, 1.54) is 5.56 Å². The van der Waals surface area contributed by atoms with Crippen LogP contribution in [0.5, 0.6) is 0 Å². The number of carbonyl (C=O) groups is 6. The number of rotatable bonds is 18. The first-order valence-electron chi connectivity index (χ1n) is 29.2. The van der Waals surface area contributed by atoms with Crippen molar-refractivity contribution in [2.75, 3.05) is 34.3 Å². The lowest BCUT2D eigenvalue weighted by atomic mass is 10.0. The Kier molecular flexibility index (Phi) is 18.9. The first-order chi connectivity index (χ1) is 41.6. The third kappa shape index (κ3) is 15.0. The Bertz CT molecular complexity index is 3860. The molecule has 0 bridgehead atoms. The highest BCUT2D eigenvalue weighted by Crippen LogP contribution is 2.29. The van der Waals surface area contributed by atoms with Crippen molar-refractivity contribution in [1.29, 1.82) is 0 Å². The summed E-state index contributed by atoms with van der Waals surface area (Å²) < 4.78 is 21.5. The van der Waals surface area contributed by atoms with Gasteiger partial charge in [0.05, 0.1) is 42.5 Å². The number of aryl methyl sites for hydroxylation is 8. The Labute approximate surface area is 497 Å². The number of anilines is 3. The summed E-state index contributed by atoms with van der Waals surface area (Å²) in [6.07, 6.45) is 5.74. The number of benzene rings is 3. The number of hydrogen-bond acceptors (Lipinski definition) is 15. The van der Waals surface area contributed by atoms with Gasteiger partial charge in [0.25, 0.3) is 0 Å². The average Bonchev–Trinajstić information content (AvgIpc) is 2.88. The summed E-state index contributed by atoms with van der Waals surface area (Å²) in [5, 5.41) is 25.2. The van der Waals surface area contributed by atoms with Gasteiger partial charge in [0, 0.05) is 125 Å². The Balaban J connectivity index is 0.000000143. The minimum absolute atomic E-state index is 0.0352. The number of nitrogens with zero attached hydrogens (tertiary/aromatic N) is 12. The molecule has 444 valence electrons. The van der Waals surface area contributed by atoms with Gasteiger partial charge in [-0.15, -0.1) is 0 Å². The molecule has 21 nitrogen and oxygen atoms in total. The minimum Gasteiger partial charge on any atom is -0.360 e. The van der Waals surface area contributed by atoms with Gasteiger partial charge < -0.3 is 13.6 Å². The monoisotopic (exact) mass is 1160 g/mol. The Hall–Kier alpha value is -9.66. The van der Waals surface area contributed by atoms with Crippen LogP contribution in [-0.4, -0.2) is 99.5 Å². The average molecular weight is 1160 g/mol. The van der Waals surface area contributed by atoms with Crippen LogP contribution in [0, 0.1) is 34.6 Å². The van der Waals surface area contributed by atoms with E-state index in [-0.39, 0.29) is 92.9 Å². The van der Waals surface area contributed by atoms with Crippen LogP contribution >= 0.6 is 0 Å². The van der Waals surface area contributed by atoms with Crippen LogP contribution in [0.2, 0.25) is 0 Å². The van der Waals surface area contributed by atoms with Gasteiger partial charge in [0.2, 0.25) is 17.7 Å². The number of carbonyl (C=O) groups excluding carboxylic acids is 6. The molecule has 0 atom stereocenters. The van der Waals surface area contributed by atoms with Crippen molar-refractivity contribution in [2.24, 2.45) is 0 Å². The highest BCUT2D eigenvalue weighted by molar-refractivity contribution is 5.97. The summed E-state index contributed by atoms with van der Waals surface area (Å²) >= 11 is 0. The second-order valence-corrected chi connectivity index (χ2v) is 22.1. The molecule has 3 amide bonds. The lowest BCUT2D eigenvalue weighted by Gasteiger charge is -2.27. The normalized spacial score (nSPS) is 13.4. The van der Waals surface area contributed by atoms with E-state index < -0.39 is 0 Å². The Morgan fingerprint density at radius 3 is 1.33 bits per heavy atom. The van der Waals surface area contributed by atoms with E-state index >= 15 is 0 Å². The minimum atomic E-state index is -0.0462. The van der Waals surface area contributed by atoms with E-state index in [1.54, 1.807) is 33.0 Å². The van der Waals surface area contributed by atoms with Crippen LogP contribution in [0.1, 0.15) is 103 Å². The van der Waals surface area contributed by atoms with E-state index in [1.807, 2.05) is 146 Å². The Morgan fingerprint density at radius 2 is 0.860 bits per heavy atom. The van der Waals surface area contributed by atoms with Gasteiger partial charge in [0.1, 0.15) is 57.7 Å². The van der Waals surface area contributed by atoms with Gasteiger partial charge in [-0.1, -0.05) is 99.4 Å². The van der Waals surface area contributed by atoms with Crippen molar-refractivity contribution in [3.8, 4) is 33.6 Å². The van der Waals surface area contributed by atoms with Crippen molar-refractivity contribution in [2.45, 2.75) is 131 Å². The van der Waals surface area contributed by atoms with Crippen molar-refractivity contribution < 1.29 is 42.3 Å². The molecule has 9 heterocycles. The molecule has 12 rings (SSSR count). The van der Waals surface area contributed by atoms with E-state index in [0.29, 0.717) is 48.3 Å². The Morgan fingerprint density at radius 1 is 0.419 bits per heavy atom. The number of Topliss-reactive ketones (excluding diaryl/α,β-unsaturated/α-hetero) is 3. The van der Waals surface area contributed by atoms with E-state index in [2.05, 4.69) is 30.8 Å². The van der Waals surface area contributed by atoms with Gasteiger partial charge in [-0.3, -0.25) is 43.5 Å². The topological polar surface area (TPSA) is 244 Å². The van der Waals surface area contributed by atoms with Crippen molar-refractivity contribution in [3.05, 3.63) is 161 Å². The molecule has 0 saturated carbocycles. The van der Waals surface area contributed by atoms with Gasteiger partial charge in [0.15, 0.2) is 5.76 Å². The maximum Gasteiger partial charge on any atom is 0.228 e. The highest BCUT2D eigenvalue weighted by atomic mass is 16.5. The zero-order valence-electron chi connectivity index (χ0n) is 49.2. The SMILES string of the molecule is Cc1cc2n(n1)CCCN2C(=O)CCC(=O)Cc1oncc1-c1ccccc1.Cc1ccc(-c2cc(CC(=O)CCC(=O)N3CCCn4nc(C)cc43)on2)cc1.Cc1cccc(-c2cc(CC(=O)CCC(=O)N3CCCn4nc(C)cc43)on2)c1. The smallest absolute Gasteiger partial charge is 0.228 e. The fourth-order valence-corrected chi connectivity index (χ4v) is 10.8. The van der Waals surface area contributed by atoms with E-state index in [4.69, 9.17) is 13.6 Å². The predicted octanol–water partition coefficient (Wildman–Crippen LogP) is 10.1. The lowest BCUT2D eigenvalue weighted by molar-refractivity contribution is -0.124. The summed E-state index contributed by atoms with van der Waals surface area (Å²) in [5.41, 5.74) is 10.1. The molecule has 3 aliphatic rings. The molecule has 3 aromatic carbocycles. The molecule has 0 N–H and O–H groups in total. The maximum atomic E-state index is 12.7. The second kappa shape index (κ2) is 27.4. The second-order valence-electron chi connectivity index (χ2n) is 22.1. The van der Waals surface area contributed by atoms with Crippen LogP contribution in [0.4, 0.5) is 17.5 Å². The zero-order valence-corrected chi connectivity index (χ0v) is 49.2. The highest BCUT2D eigenvalue weighted by Gasteiger charge is 2.28. The first-order valence-corrected chi connectivity index (χ1v) is 29.2. The first kappa shape index (κ1) is 59.5. The molecule has 0 fully saturated rings. The molecule has 0 spiro atoms. The molecule has 3 aliphatic heterocycles. The molecular weight excluding hydrogens is 1090 g/mol. The van der Waals surface area contributed by atoms with Gasteiger partial charge >= 0.3 is 0 Å². The van der Waals surface area contributed by atoms with Crippen LogP contribution < -0.4 is 14.7 Å². The largest absolute Gasteiger partial charge is 0.360 e. The molecular formula is C65H70N12O9. The standard InChI is InChI=1S/2C22H24N4O3.C21H22N4O3/c1-15-4-6-17(7-5-15)20-14-19(29-24-20)13-18(27)8-9-22(28)25-10-3-11-26-21(25)12-16(2)23-26;1-15-5-3-6-17(11-15)20-14-19(29-24-20)13-18(27)7-8-22(28)25-9-4-10-26-21(25)12-16(2)23-26;1-15-12-20-24(10-5-11-25(20)23-15)21(27)9-8-17(26)13-19-18(14-22-28-19)16-6-3-2-4-7-16/h4-7,12,14H,3,8-11,13H2,1-2H3;3,5-6,11-12,14H,4,7-10,13H2,1-2H3;2-4,6-7,12,14H,5,8-11,13H2,1H3. The summed E-state index contributed by atoms with van der Waals surface area (Å²) in [6, 6.07) is 34.9. The number of amides is 3. The fraction of sp³-hybridized carbons (Fsp3) is 0.354. The fourth-order valence-electron chi connectivity index (χ4n) is 10.8. The van der Waals surface area contributed by atoms with Crippen LogP contribution in [0.25, 0.3) is 33.6 Å². The van der Waals surface area contributed by atoms with Gasteiger partial charge in [-0.05, 0) is 65.5 Å². The molecule has 0 saturated heterocycles. The molecule has 0 unspecified atom stereocenters. The molecule has 6 aromatic heterocycles. The van der Waals surface area contributed by atoms with E-state index in [9.17, 15) is 28.8 Å². The molecule has 9 aromatic rings. The number of aromatic nitrogens is 9. The maximum absolute atomic E-state index is 12.7. The summed E-state index contributed by atoms with van der Waals surface area (Å²) in [4.78, 5) is 80.3. The summed E-state index contributed by atoms with van der Waals surface area (Å²) in [6.45, 7) is 14.2. The van der Waals surface area contributed by atoms with Gasteiger partial charge in [-0.25, -0.2) is 14.0 Å². The summed E-state index contributed by atoms with van der Waals surface area (Å²) in [5.74, 6) is 3.80. The van der Waals surface area contributed by atoms with Crippen LogP contribution in [-0.2, 0) is 67.7 Å². The van der Waals surface area contributed by atoms with Gasteiger partial charge in [-0.2, -0.15) is 15.3 Å². The summed E-state index contributed by atoms with van der Waals surface area (Å²) in [7, 11) is 0. The third-order valence-electron chi connectivity index (χ3n) is 15.1. The number of ketones is 3. The van der Waals surface area contributed by atoms with Crippen molar-refractivity contribution >= 4 is 52.5 Å². The van der Waals surface area contributed by atoms with Crippen molar-refractivity contribution in [1.82, 2.24) is 44.8 Å². The lowest BCUT2D eigenvalue weighted by Crippen LogP contribution is -2.37. The molecule has 21 heteroatoms. The molecule has 86 heavy (non-hydrogen) atoms. The molecule has 0 radical (unpaired) electrons. The molecule has 0 aliphatic carbocycles. The third-order valence-corrected chi connectivity index (χ3v) is 15.1. The zero-order chi connectivity index (χ0) is 60.3. The number of hydrogen-bond donors (Lipinski definition) is 0. The van der Waals surface area contributed by atoms with Crippen molar-refractivity contribution in [3.63, 3.8) is 0 Å².